The Balaban J connectivity index is 1.38. The molecule has 2 atom stereocenters. The van der Waals surface area contributed by atoms with Gasteiger partial charge in [0.05, 0.1) is 0 Å². The number of thiazole rings is 1. The number of nitrogens with one attached hydrogen (secondary N) is 1. The minimum Gasteiger partial charge on any atom is -0.477 e. The van der Waals surface area contributed by atoms with Gasteiger partial charge < -0.3 is 21.0 Å². The molecule has 17 heteroatoms. The first-order valence-corrected chi connectivity index (χ1v) is 14.8. The highest BCUT2D eigenvalue weighted by molar-refractivity contribution is 8.00. The van der Waals surface area contributed by atoms with Gasteiger partial charge in [0.25, 0.3) is 21.9 Å². The van der Waals surface area contributed by atoms with Crippen molar-refractivity contribution in [2.24, 2.45) is 5.16 Å². The van der Waals surface area contributed by atoms with E-state index in [9.17, 15) is 32.5 Å². The van der Waals surface area contributed by atoms with Crippen molar-refractivity contribution in [2.45, 2.75) is 22.9 Å². The van der Waals surface area contributed by atoms with Crippen LogP contribution in [0.4, 0.5) is 5.13 Å². The molecule has 4 heterocycles. The molecule has 2 aliphatic rings. The van der Waals surface area contributed by atoms with Crippen LogP contribution in [0.5, 0.6) is 0 Å². The van der Waals surface area contributed by atoms with Crippen LogP contribution in [0, 0.1) is 0 Å². The number of aromatic nitrogens is 2. The van der Waals surface area contributed by atoms with Gasteiger partial charge in [-0.15, -0.1) is 23.1 Å². The number of carbonyl (C=O) groups excluding carboxylic acids is 2. The van der Waals surface area contributed by atoms with E-state index in [0.29, 0.717) is 16.3 Å². The number of nitrogens with two attached hydrogens (primary N) is 1. The number of nitrogens with zero attached hydrogens (tertiary/aromatic N) is 4. The third kappa shape index (κ3) is 4.99. The summed E-state index contributed by atoms with van der Waals surface area (Å²) in [6, 6.07) is 4.93. The SMILES string of the molecule is CON=C(C(=O)NC1C(=O)N2C(C(=O)O)=C(C[n+]3ccc4c(S(=O)(=O)O)cccc4c3)CS[C@@H]12)c1csc(N)n1. The van der Waals surface area contributed by atoms with E-state index in [0.717, 1.165) is 16.2 Å². The maximum atomic E-state index is 13.1. The Labute approximate surface area is 234 Å². The van der Waals surface area contributed by atoms with Crippen LogP contribution in [0.1, 0.15) is 5.69 Å². The Morgan fingerprint density at radius 2 is 2.12 bits per heavy atom. The van der Waals surface area contributed by atoms with Crippen molar-refractivity contribution >= 4 is 72.6 Å². The Kier molecular flexibility index (Phi) is 7.21. The van der Waals surface area contributed by atoms with Gasteiger partial charge in [-0.05, 0) is 12.1 Å². The van der Waals surface area contributed by atoms with E-state index in [1.54, 1.807) is 23.0 Å². The van der Waals surface area contributed by atoms with Crippen LogP contribution in [0.2, 0.25) is 0 Å². The standard InChI is InChI=1S/C23H20N6O8S3/c1-37-27-16(14-10-39-23(24)25-14)19(30)26-17-20(31)29-18(22(32)33)12(9-38-21(17)29)8-28-6-5-13-11(7-28)3-2-4-15(13)40(34,35)36/h2-7,10,17,21H,8-9H2,1H3,(H4-,24,25,26,30,32,33,34,35,36)/p+1/t17?,21-/m0/s1. The molecule has 3 aromatic rings. The zero-order chi connectivity index (χ0) is 28.8. The van der Waals surface area contributed by atoms with E-state index in [2.05, 4.69) is 15.5 Å². The number of amides is 2. The highest BCUT2D eigenvalue weighted by Crippen LogP contribution is 2.40. The number of benzene rings is 1. The molecule has 5 rings (SSSR count). The highest BCUT2D eigenvalue weighted by Gasteiger charge is 2.54. The number of carboxylic acids is 1. The number of anilines is 1. The van der Waals surface area contributed by atoms with E-state index < -0.39 is 39.3 Å². The van der Waals surface area contributed by atoms with Gasteiger partial charge in [-0.2, -0.15) is 8.42 Å². The number of hydrogen-bond donors (Lipinski definition) is 4. The summed E-state index contributed by atoms with van der Waals surface area (Å²) >= 11 is 2.39. The number of aliphatic carboxylic acids is 1. The molecule has 1 saturated heterocycles. The molecule has 1 fully saturated rings. The first kappa shape index (κ1) is 27.5. The van der Waals surface area contributed by atoms with Crippen LogP contribution in [0.3, 0.4) is 0 Å². The molecule has 2 aromatic heterocycles. The van der Waals surface area contributed by atoms with E-state index >= 15 is 0 Å². The number of pyridine rings is 1. The van der Waals surface area contributed by atoms with Crippen LogP contribution in [0.25, 0.3) is 10.8 Å². The average molecular weight is 606 g/mol. The van der Waals surface area contributed by atoms with Crippen molar-refractivity contribution in [1.29, 1.82) is 0 Å². The van der Waals surface area contributed by atoms with Crippen molar-refractivity contribution in [3.63, 3.8) is 0 Å². The molecule has 0 spiro atoms. The van der Waals surface area contributed by atoms with Gasteiger partial charge in [-0.25, -0.2) is 14.3 Å². The summed E-state index contributed by atoms with van der Waals surface area (Å²) in [5.74, 6) is -2.38. The lowest BCUT2D eigenvalue weighted by atomic mass is 10.0. The number of fused-ring (bicyclic) bond motifs is 2. The fourth-order valence-electron chi connectivity index (χ4n) is 4.49. The van der Waals surface area contributed by atoms with Crippen molar-refractivity contribution in [3.8, 4) is 0 Å². The van der Waals surface area contributed by atoms with Crippen molar-refractivity contribution in [1.82, 2.24) is 15.2 Å². The largest absolute Gasteiger partial charge is 0.477 e. The van der Waals surface area contributed by atoms with Gasteiger partial charge in [-0.1, -0.05) is 11.2 Å². The lowest BCUT2D eigenvalue weighted by Gasteiger charge is -2.49. The van der Waals surface area contributed by atoms with Gasteiger partial charge in [0.2, 0.25) is 0 Å². The van der Waals surface area contributed by atoms with Crippen molar-refractivity contribution in [2.75, 3.05) is 18.6 Å². The van der Waals surface area contributed by atoms with E-state index in [-0.39, 0.29) is 39.4 Å². The Morgan fingerprint density at radius 1 is 1.35 bits per heavy atom. The zero-order valence-corrected chi connectivity index (χ0v) is 23.0. The Bertz CT molecular complexity index is 1730. The molecule has 0 radical (unpaired) electrons. The third-order valence-corrected chi connectivity index (χ3v) is 9.11. The summed E-state index contributed by atoms with van der Waals surface area (Å²) in [6.07, 6.45) is 3.18. The molecule has 208 valence electrons. The number of carbonyl (C=O) groups is 3. The second-order valence-electron chi connectivity index (χ2n) is 8.66. The Hall–Kier alpha value is -4.06. The number of thioether (sulfide) groups is 1. The molecule has 1 aromatic carbocycles. The smallest absolute Gasteiger partial charge is 0.352 e. The number of rotatable bonds is 8. The lowest BCUT2D eigenvalue weighted by molar-refractivity contribution is -0.687. The number of nitrogen functional groups attached to an aromatic ring is 1. The molecule has 5 N–H and O–H groups in total. The quantitative estimate of drug-likeness (QED) is 0.0897. The molecule has 2 aliphatic heterocycles. The molecule has 0 bridgehead atoms. The number of oxime groups is 1. The summed E-state index contributed by atoms with van der Waals surface area (Å²) < 4.78 is 34.5. The van der Waals surface area contributed by atoms with Gasteiger partial charge in [-0.3, -0.25) is 19.0 Å². The number of carboxylic acid groups (broad SMARTS) is 1. The molecular formula is C23H21N6O8S3+. The summed E-state index contributed by atoms with van der Waals surface area (Å²) in [4.78, 5) is 47.9. The average Bonchev–Trinajstić information content (AvgIpc) is 3.34. The maximum Gasteiger partial charge on any atom is 0.352 e. The molecule has 40 heavy (non-hydrogen) atoms. The van der Waals surface area contributed by atoms with Gasteiger partial charge >= 0.3 is 5.97 Å². The van der Waals surface area contributed by atoms with Crippen LogP contribution in [0.15, 0.2) is 63.4 Å². The summed E-state index contributed by atoms with van der Waals surface area (Å²) in [5.41, 5.74) is 5.90. The second kappa shape index (κ2) is 10.5. The van der Waals surface area contributed by atoms with Gasteiger partial charge in [0.1, 0.15) is 34.8 Å². The first-order chi connectivity index (χ1) is 19.0. The molecule has 0 aliphatic carbocycles. The number of β-lactam (4-membered cyclic amide) rings is 1. The monoisotopic (exact) mass is 605 g/mol. The minimum absolute atomic E-state index is 0.101. The van der Waals surface area contributed by atoms with E-state index in [1.165, 1.54) is 42.5 Å². The van der Waals surface area contributed by atoms with Crippen molar-refractivity contribution < 1.29 is 41.9 Å². The molecule has 2 amide bonds. The van der Waals surface area contributed by atoms with E-state index in [1.807, 2.05) is 0 Å². The lowest BCUT2D eigenvalue weighted by Crippen LogP contribution is -2.71. The van der Waals surface area contributed by atoms with Crippen LogP contribution in [-0.4, -0.2) is 75.7 Å². The van der Waals surface area contributed by atoms with Crippen molar-refractivity contribution in [3.05, 3.63) is 59.0 Å². The highest BCUT2D eigenvalue weighted by atomic mass is 32.2. The topological polar surface area (TPSA) is 205 Å². The zero-order valence-electron chi connectivity index (χ0n) is 20.5. The van der Waals surface area contributed by atoms with Gasteiger partial charge in [0.15, 0.2) is 29.8 Å². The molecule has 1 unspecified atom stereocenters. The number of hydrogen-bond acceptors (Lipinski definition) is 11. The predicted molar refractivity (Wildman–Crippen MR) is 144 cm³/mol. The van der Waals surface area contributed by atoms with Crippen LogP contribution >= 0.6 is 23.1 Å². The second-order valence-corrected chi connectivity index (χ2v) is 12.0. The molecule has 0 saturated carbocycles. The molecule has 14 nitrogen and oxygen atoms in total. The normalized spacial score (nSPS) is 19.3. The van der Waals surface area contributed by atoms with E-state index in [4.69, 9.17) is 10.6 Å². The summed E-state index contributed by atoms with van der Waals surface area (Å²) in [7, 11) is -3.18. The fraction of sp³-hybridized carbons (Fsp3) is 0.217. The first-order valence-electron chi connectivity index (χ1n) is 11.4. The van der Waals surface area contributed by atoms with Gasteiger partial charge in [0, 0.05) is 33.5 Å². The summed E-state index contributed by atoms with van der Waals surface area (Å²) in [5, 5.41) is 18.2. The Morgan fingerprint density at radius 3 is 2.77 bits per heavy atom. The summed E-state index contributed by atoms with van der Waals surface area (Å²) in [6.45, 7) is 0.101. The maximum absolute atomic E-state index is 13.1. The van der Waals surface area contributed by atoms with Crippen LogP contribution in [-0.2, 0) is 35.9 Å². The molecular weight excluding hydrogens is 584 g/mol. The minimum atomic E-state index is -4.44. The van der Waals surface area contributed by atoms with Crippen LogP contribution < -0.4 is 15.6 Å². The predicted octanol–water partition coefficient (Wildman–Crippen LogP) is 0.202. The fourth-order valence-corrected chi connectivity index (χ4v) is 7.09. The third-order valence-electron chi connectivity index (χ3n) is 6.19.